The van der Waals surface area contributed by atoms with Crippen LogP contribution in [-0.4, -0.2) is 11.1 Å². The predicted octanol–water partition coefficient (Wildman–Crippen LogP) is 3.08. The van der Waals surface area contributed by atoms with Gasteiger partial charge in [-0.15, -0.1) is 0 Å². The smallest absolute Gasteiger partial charge is 0.307 e. The normalized spacial score (nSPS) is 10.6. The zero-order valence-electron chi connectivity index (χ0n) is 9.45. The summed E-state index contributed by atoms with van der Waals surface area (Å²) in [6.45, 7) is 4.04. The van der Waals surface area contributed by atoms with Gasteiger partial charge >= 0.3 is 5.97 Å². The minimum atomic E-state index is -0.783. The van der Waals surface area contributed by atoms with Gasteiger partial charge in [0, 0.05) is 0 Å². The molecule has 0 radical (unpaired) electrons. The Morgan fingerprint density at radius 1 is 1.19 bits per heavy atom. The molecule has 1 N–H and O–H groups in total. The van der Waals surface area contributed by atoms with Gasteiger partial charge in [0.25, 0.3) is 0 Å². The number of aryl methyl sites for hydroxylation is 2. The molecule has 0 unspecified atom stereocenters. The van der Waals surface area contributed by atoms with Crippen molar-refractivity contribution < 1.29 is 9.90 Å². The Morgan fingerprint density at radius 2 is 1.94 bits per heavy atom. The number of aliphatic carboxylic acids is 1. The zero-order valence-corrected chi connectivity index (χ0v) is 9.45. The van der Waals surface area contributed by atoms with E-state index < -0.39 is 5.97 Å². The molecule has 0 aliphatic rings. The summed E-state index contributed by atoms with van der Waals surface area (Å²) in [6, 6.07) is 10.1. The standard InChI is InChI=1S/C14H14O2/c1-9-3-6-13-10(2)11(8-14(15)16)4-5-12(13)7-9/h3-7H,8H2,1-2H3,(H,15,16). The Morgan fingerprint density at radius 3 is 2.62 bits per heavy atom. The van der Waals surface area contributed by atoms with E-state index in [9.17, 15) is 4.79 Å². The lowest BCUT2D eigenvalue weighted by Gasteiger charge is -2.08. The van der Waals surface area contributed by atoms with Gasteiger partial charge in [-0.2, -0.15) is 0 Å². The van der Waals surface area contributed by atoms with Crippen molar-refractivity contribution in [3.8, 4) is 0 Å². The summed E-state index contributed by atoms with van der Waals surface area (Å²) in [5.41, 5.74) is 3.18. The summed E-state index contributed by atoms with van der Waals surface area (Å²) in [7, 11) is 0. The molecule has 82 valence electrons. The molecule has 16 heavy (non-hydrogen) atoms. The van der Waals surface area contributed by atoms with Crippen molar-refractivity contribution in [2.75, 3.05) is 0 Å². The molecule has 0 fully saturated rings. The fourth-order valence-corrected chi connectivity index (χ4v) is 2.00. The molecule has 2 rings (SSSR count). The average Bonchev–Trinajstić information content (AvgIpc) is 2.22. The molecule has 2 heteroatoms. The van der Waals surface area contributed by atoms with Gasteiger partial charge in [0.2, 0.25) is 0 Å². The first-order valence-electron chi connectivity index (χ1n) is 5.28. The summed E-state index contributed by atoms with van der Waals surface area (Å²) >= 11 is 0. The molecule has 2 aromatic carbocycles. The number of carboxylic acids is 1. The molecule has 0 amide bonds. The van der Waals surface area contributed by atoms with E-state index >= 15 is 0 Å². The lowest BCUT2D eigenvalue weighted by atomic mass is 9.97. The minimum absolute atomic E-state index is 0.0929. The van der Waals surface area contributed by atoms with Gasteiger partial charge in [-0.1, -0.05) is 35.9 Å². The molecule has 0 atom stereocenters. The number of benzene rings is 2. The van der Waals surface area contributed by atoms with E-state index in [1.807, 2.05) is 19.1 Å². The summed E-state index contributed by atoms with van der Waals surface area (Å²) < 4.78 is 0. The average molecular weight is 214 g/mol. The maximum absolute atomic E-state index is 10.7. The second-order valence-electron chi connectivity index (χ2n) is 4.14. The van der Waals surface area contributed by atoms with Crippen LogP contribution in [0.25, 0.3) is 10.8 Å². The van der Waals surface area contributed by atoms with Gasteiger partial charge in [-0.05, 0) is 35.7 Å². The van der Waals surface area contributed by atoms with Crippen molar-refractivity contribution in [2.24, 2.45) is 0 Å². The Bertz CT molecular complexity index is 556. The number of carboxylic acid groups (broad SMARTS) is 1. The van der Waals surface area contributed by atoms with Crippen molar-refractivity contribution in [1.29, 1.82) is 0 Å². The molecule has 0 saturated carbocycles. The van der Waals surface area contributed by atoms with Crippen LogP contribution in [0.4, 0.5) is 0 Å². The third-order valence-corrected chi connectivity index (χ3v) is 2.90. The number of hydrogen-bond donors (Lipinski definition) is 1. The van der Waals surface area contributed by atoms with Crippen LogP contribution >= 0.6 is 0 Å². The predicted molar refractivity (Wildman–Crippen MR) is 64.8 cm³/mol. The van der Waals surface area contributed by atoms with Gasteiger partial charge in [0.15, 0.2) is 0 Å². The highest BCUT2D eigenvalue weighted by Gasteiger charge is 2.06. The Kier molecular flexibility index (Phi) is 2.65. The van der Waals surface area contributed by atoms with Crippen molar-refractivity contribution in [1.82, 2.24) is 0 Å². The molecule has 2 nitrogen and oxygen atoms in total. The number of rotatable bonds is 2. The van der Waals surface area contributed by atoms with Crippen LogP contribution in [0.2, 0.25) is 0 Å². The lowest BCUT2D eigenvalue weighted by molar-refractivity contribution is -0.136. The van der Waals surface area contributed by atoms with Crippen LogP contribution in [0.1, 0.15) is 16.7 Å². The van der Waals surface area contributed by atoms with Gasteiger partial charge in [0.05, 0.1) is 6.42 Å². The maximum atomic E-state index is 10.7. The van der Waals surface area contributed by atoms with E-state index in [0.717, 1.165) is 16.5 Å². The van der Waals surface area contributed by atoms with Crippen molar-refractivity contribution in [3.63, 3.8) is 0 Å². The molecule has 0 heterocycles. The molecule has 0 saturated heterocycles. The summed E-state index contributed by atoms with van der Waals surface area (Å²) in [6.07, 6.45) is 0.0929. The van der Waals surface area contributed by atoms with Gasteiger partial charge < -0.3 is 5.11 Å². The van der Waals surface area contributed by atoms with Crippen molar-refractivity contribution in [3.05, 3.63) is 47.0 Å². The SMILES string of the molecule is Cc1ccc2c(C)c(CC(=O)O)ccc2c1. The number of fused-ring (bicyclic) bond motifs is 1. The van der Waals surface area contributed by atoms with Crippen LogP contribution in [0.5, 0.6) is 0 Å². The minimum Gasteiger partial charge on any atom is -0.481 e. The molecule has 0 spiro atoms. The monoisotopic (exact) mass is 214 g/mol. The number of carbonyl (C=O) groups is 1. The molecule has 2 aromatic rings. The van der Waals surface area contributed by atoms with Gasteiger partial charge in [0.1, 0.15) is 0 Å². The second-order valence-corrected chi connectivity index (χ2v) is 4.14. The maximum Gasteiger partial charge on any atom is 0.307 e. The molecule has 0 aliphatic carbocycles. The highest BCUT2D eigenvalue weighted by atomic mass is 16.4. The highest BCUT2D eigenvalue weighted by molar-refractivity contribution is 5.88. The first-order chi connectivity index (χ1) is 7.58. The molecule has 0 aliphatic heterocycles. The topological polar surface area (TPSA) is 37.3 Å². The first kappa shape index (κ1) is 10.7. The van der Waals surface area contributed by atoms with E-state index in [0.29, 0.717) is 0 Å². The van der Waals surface area contributed by atoms with Crippen LogP contribution in [-0.2, 0) is 11.2 Å². The van der Waals surface area contributed by atoms with E-state index in [2.05, 4.69) is 25.1 Å². The Labute approximate surface area is 94.5 Å². The summed E-state index contributed by atoms with van der Waals surface area (Å²) in [4.78, 5) is 10.7. The fraction of sp³-hybridized carbons (Fsp3) is 0.214. The van der Waals surface area contributed by atoms with E-state index in [4.69, 9.17) is 5.11 Å². The van der Waals surface area contributed by atoms with Crippen molar-refractivity contribution >= 4 is 16.7 Å². The molecule has 0 aromatic heterocycles. The van der Waals surface area contributed by atoms with E-state index in [1.54, 1.807) is 0 Å². The quantitative estimate of drug-likeness (QED) is 0.834. The number of hydrogen-bond acceptors (Lipinski definition) is 1. The largest absolute Gasteiger partial charge is 0.481 e. The first-order valence-corrected chi connectivity index (χ1v) is 5.28. The van der Waals surface area contributed by atoms with Crippen LogP contribution in [0.15, 0.2) is 30.3 Å². The Hall–Kier alpha value is -1.83. The highest BCUT2D eigenvalue weighted by Crippen LogP contribution is 2.23. The van der Waals surface area contributed by atoms with Crippen molar-refractivity contribution in [2.45, 2.75) is 20.3 Å². The van der Waals surface area contributed by atoms with Crippen LogP contribution in [0.3, 0.4) is 0 Å². The third-order valence-electron chi connectivity index (χ3n) is 2.90. The van der Waals surface area contributed by atoms with E-state index in [1.165, 1.54) is 10.9 Å². The third kappa shape index (κ3) is 1.91. The zero-order chi connectivity index (χ0) is 11.7. The molecular formula is C14H14O2. The summed E-state index contributed by atoms with van der Waals surface area (Å²) in [5, 5.41) is 11.1. The second kappa shape index (κ2) is 3.97. The molecular weight excluding hydrogens is 200 g/mol. The van der Waals surface area contributed by atoms with E-state index in [-0.39, 0.29) is 6.42 Å². The summed E-state index contributed by atoms with van der Waals surface area (Å²) in [5.74, 6) is -0.783. The molecule has 0 bridgehead atoms. The van der Waals surface area contributed by atoms with Gasteiger partial charge in [-0.3, -0.25) is 4.79 Å². The fourth-order valence-electron chi connectivity index (χ4n) is 2.00. The van der Waals surface area contributed by atoms with Gasteiger partial charge in [-0.25, -0.2) is 0 Å². The van der Waals surface area contributed by atoms with Crippen LogP contribution < -0.4 is 0 Å². The van der Waals surface area contributed by atoms with Crippen LogP contribution in [0, 0.1) is 13.8 Å². The lowest BCUT2D eigenvalue weighted by Crippen LogP contribution is -2.02. The Balaban J connectivity index is 2.60.